The summed E-state index contributed by atoms with van der Waals surface area (Å²) in [4.78, 5) is 12.5. The van der Waals surface area contributed by atoms with E-state index < -0.39 is 0 Å². The Morgan fingerprint density at radius 1 is 1.29 bits per heavy atom. The third kappa shape index (κ3) is 4.80. The lowest BCUT2D eigenvalue weighted by molar-refractivity contribution is -0.123. The third-order valence-electron chi connectivity index (χ3n) is 4.13. The molecule has 0 amide bonds. The molecule has 1 aromatic carbocycles. The molecule has 0 aromatic heterocycles. The average molecular weight is 309 g/mol. The normalized spacial score (nSPS) is 17.9. The molecule has 0 bridgehead atoms. The fraction of sp³-hybridized carbons (Fsp3) is 0.588. The molecule has 0 unspecified atom stereocenters. The Morgan fingerprint density at radius 2 is 1.90 bits per heavy atom. The van der Waals surface area contributed by atoms with Crippen LogP contribution in [0.2, 0.25) is 5.02 Å². The largest absolute Gasteiger partial charge is 0.317 e. The first-order valence-electron chi connectivity index (χ1n) is 7.81. The van der Waals surface area contributed by atoms with E-state index in [0.29, 0.717) is 23.4 Å². The van der Waals surface area contributed by atoms with Gasteiger partial charge in [-0.25, -0.2) is 0 Å². The Bertz CT molecular complexity index is 452. The lowest BCUT2D eigenvalue weighted by Crippen LogP contribution is -2.42. The molecule has 1 saturated heterocycles. The van der Waals surface area contributed by atoms with Crippen molar-refractivity contribution < 1.29 is 4.79 Å². The fourth-order valence-corrected chi connectivity index (χ4v) is 2.92. The number of Topliss-reactive ketones (excluding diaryl/α,β-unsaturated/α-hetero) is 1. The molecule has 0 saturated carbocycles. The van der Waals surface area contributed by atoms with Crippen LogP contribution in [0, 0.1) is 5.92 Å². The maximum atomic E-state index is 12.5. The number of carbonyl (C=O) groups is 1. The van der Waals surface area contributed by atoms with Crippen LogP contribution in [0.3, 0.4) is 0 Å². The van der Waals surface area contributed by atoms with Gasteiger partial charge >= 0.3 is 0 Å². The Hall–Kier alpha value is -0.900. The van der Waals surface area contributed by atoms with Gasteiger partial charge in [0.2, 0.25) is 0 Å². The van der Waals surface area contributed by atoms with Gasteiger partial charge in [0.1, 0.15) is 5.78 Å². The van der Waals surface area contributed by atoms with E-state index in [2.05, 4.69) is 10.6 Å². The molecule has 1 atom stereocenters. The van der Waals surface area contributed by atoms with Crippen molar-refractivity contribution in [3.63, 3.8) is 0 Å². The van der Waals surface area contributed by atoms with Crippen LogP contribution in [0.5, 0.6) is 0 Å². The van der Waals surface area contributed by atoms with Crippen LogP contribution in [-0.4, -0.2) is 31.5 Å². The highest BCUT2D eigenvalue weighted by Crippen LogP contribution is 2.22. The highest BCUT2D eigenvalue weighted by atomic mass is 35.5. The molecule has 2 rings (SSSR count). The molecule has 1 heterocycles. The van der Waals surface area contributed by atoms with Crippen LogP contribution >= 0.6 is 11.6 Å². The quantitative estimate of drug-likeness (QED) is 0.849. The first-order chi connectivity index (χ1) is 10.1. The Kier molecular flexibility index (Phi) is 6.22. The number of halogens is 1. The van der Waals surface area contributed by atoms with E-state index in [4.69, 9.17) is 11.6 Å². The summed E-state index contributed by atoms with van der Waals surface area (Å²) in [6.07, 6.45) is 2.26. The van der Waals surface area contributed by atoms with E-state index in [-0.39, 0.29) is 11.8 Å². The van der Waals surface area contributed by atoms with Gasteiger partial charge in [0.15, 0.2) is 0 Å². The monoisotopic (exact) mass is 308 g/mol. The van der Waals surface area contributed by atoms with Gasteiger partial charge in [0.25, 0.3) is 0 Å². The van der Waals surface area contributed by atoms with Crippen LogP contribution in [0.4, 0.5) is 0 Å². The molecule has 116 valence electrons. The van der Waals surface area contributed by atoms with Crippen LogP contribution in [0.1, 0.15) is 38.2 Å². The average Bonchev–Trinajstić information content (AvgIpc) is 2.50. The Balaban J connectivity index is 2.04. The minimum atomic E-state index is -0.0860. The minimum Gasteiger partial charge on any atom is -0.317 e. The second-order valence-electron chi connectivity index (χ2n) is 6.09. The van der Waals surface area contributed by atoms with Gasteiger partial charge in [-0.2, -0.15) is 0 Å². The van der Waals surface area contributed by atoms with Crippen LogP contribution in [-0.2, 0) is 4.79 Å². The maximum absolute atomic E-state index is 12.5. The van der Waals surface area contributed by atoms with E-state index in [1.54, 1.807) is 0 Å². The lowest BCUT2D eigenvalue weighted by atomic mass is 9.88. The van der Waals surface area contributed by atoms with Gasteiger partial charge < -0.3 is 10.6 Å². The van der Waals surface area contributed by atoms with Crippen LogP contribution < -0.4 is 10.6 Å². The number of hydrogen-bond acceptors (Lipinski definition) is 3. The zero-order valence-corrected chi connectivity index (χ0v) is 13.6. The molecule has 3 nitrogen and oxygen atoms in total. The predicted octanol–water partition coefficient (Wildman–Crippen LogP) is 2.99. The molecule has 0 radical (unpaired) electrons. The van der Waals surface area contributed by atoms with E-state index >= 15 is 0 Å². The van der Waals surface area contributed by atoms with Crippen molar-refractivity contribution in [3.8, 4) is 0 Å². The Labute approximate surface area is 132 Å². The summed E-state index contributed by atoms with van der Waals surface area (Å²) in [6.45, 7) is 6.76. The smallest absolute Gasteiger partial charge is 0.144 e. The van der Waals surface area contributed by atoms with E-state index in [9.17, 15) is 4.79 Å². The van der Waals surface area contributed by atoms with Crippen LogP contribution in [0.25, 0.3) is 0 Å². The van der Waals surface area contributed by atoms with Crippen molar-refractivity contribution >= 4 is 17.4 Å². The van der Waals surface area contributed by atoms with Crippen molar-refractivity contribution in [1.29, 1.82) is 0 Å². The number of nitrogens with one attached hydrogen (secondary N) is 2. The molecule has 1 aromatic rings. The number of ketones is 1. The van der Waals surface area contributed by atoms with E-state index in [0.717, 1.165) is 31.5 Å². The predicted molar refractivity (Wildman–Crippen MR) is 87.9 cm³/mol. The molecule has 1 aliphatic rings. The maximum Gasteiger partial charge on any atom is 0.144 e. The second-order valence-corrected chi connectivity index (χ2v) is 6.53. The summed E-state index contributed by atoms with van der Waals surface area (Å²) in [5, 5.41) is 7.65. The van der Waals surface area contributed by atoms with E-state index in [1.165, 1.54) is 0 Å². The van der Waals surface area contributed by atoms with Crippen LogP contribution in [0.15, 0.2) is 24.3 Å². The topological polar surface area (TPSA) is 41.1 Å². The SMILES string of the molecule is CC(C)C(=O)[C@H](CNC1CCNCC1)c1ccc(Cl)cc1. The molecule has 0 aliphatic carbocycles. The minimum absolute atomic E-state index is 0.0421. The Morgan fingerprint density at radius 3 is 2.48 bits per heavy atom. The van der Waals surface area contributed by atoms with Gasteiger partial charge in [-0.15, -0.1) is 0 Å². The molecule has 0 spiro atoms. The fourth-order valence-electron chi connectivity index (χ4n) is 2.79. The summed E-state index contributed by atoms with van der Waals surface area (Å²) in [6, 6.07) is 8.18. The molecule has 4 heteroatoms. The first-order valence-corrected chi connectivity index (χ1v) is 8.19. The van der Waals surface area contributed by atoms with Gasteiger partial charge in [0, 0.05) is 23.5 Å². The van der Waals surface area contributed by atoms with Crippen molar-refractivity contribution in [2.45, 2.75) is 38.6 Å². The van der Waals surface area contributed by atoms with Crippen molar-refractivity contribution in [1.82, 2.24) is 10.6 Å². The standard InChI is InChI=1S/C17H25ClN2O/c1-12(2)17(21)16(13-3-5-14(18)6-4-13)11-20-15-7-9-19-10-8-15/h3-6,12,15-16,19-20H,7-11H2,1-2H3/t16-/m1/s1. The number of piperidine rings is 1. The summed E-state index contributed by atoms with van der Waals surface area (Å²) in [5.74, 6) is 0.247. The second kappa shape index (κ2) is 7.92. The molecule has 21 heavy (non-hydrogen) atoms. The molecular formula is C17H25ClN2O. The molecule has 1 fully saturated rings. The van der Waals surface area contributed by atoms with Crippen molar-refractivity contribution in [3.05, 3.63) is 34.9 Å². The number of hydrogen-bond donors (Lipinski definition) is 2. The lowest BCUT2D eigenvalue weighted by Gasteiger charge is -2.27. The van der Waals surface area contributed by atoms with Gasteiger partial charge in [0.05, 0.1) is 5.92 Å². The summed E-state index contributed by atoms with van der Waals surface area (Å²) in [7, 11) is 0. The van der Waals surface area contributed by atoms with Gasteiger partial charge in [-0.05, 0) is 43.6 Å². The van der Waals surface area contributed by atoms with E-state index in [1.807, 2.05) is 38.1 Å². The molecule has 2 N–H and O–H groups in total. The molecule has 1 aliphatic heterocycles. The number of rotatable bonds is 6. The summed E-state index contributed by atoms with van der Waals surface area (Å²) < 4.78 is 0. The highest BCUT2D eigenvalue weighted by Gasteiger charge is 2.24. The number of benzene rings is 1. The summed E-state index contributed by atoms with van der Waals surface area (Å²) in [5.41, 5.74) is 1.06. The molecular weight excluding hydrogens is 284 g/mol. The zero-order valence-electron chi connectivity index (χ0n) is 12.9. The summed E-state index contributed by atoms with van der Waals surface area (Å²) >= 11 is 5.95. The highest BCUT2D eigenvalue weighted by molar-refractivity contribution is 6.30. The third-order valence-corrected chi connectivity index (χ3v) is 4.39. The van der Waals surface area contributed by atoms with Crippen molar-refractivity contribution in [2.75, 3.05) is 19.6 Å². The first kappa shape index (κ1) is 16.5. The van der Waals surface area contributed by atoms with Crippen molar-refractivity contribution in [2.24, 2.45) is 5.92 Å². The van der Waals surface area contributed by atoms with Gasteiger partial charge in [-0.3, -0.25) is 4.79 Å². The number of carbonyl (C=O) groups excluding carboxylic acids is 1. The zero-order chi connectivity index (χ0) is 15.2. The van der Waals surface area contributed by atoms with Gasteiger partial charge in [-0.1, -0.05) is 37.6 Å².